The Bertz CT molecular complexity index is 431. The van der Waals surface area contributed by atoms with Gasteiger partial charge in [0.2, 0.25) is 0 Å². The molecule has 2 rings (SSSR count). The van der Waals surface area contributed by atoms with Crippen molar-refractivity contribution >= 4 is 12.4 Å². The topological polar surface area (TPSA) is 29.3 Å². The Morgan fingerprint density at radius 3 is 2.45 bits per heavy atom. The molecule has 0 amide bonds. The SMILES string of the molecule is CC(N)C1CCCN(Cc2cc(F)c(F)c(F)c2)C1.Cl. The third kappa shape index (κ3) is 4.11. The molecule has 0 saturated carbocycles. The maximum absolute atomic E-state index is 13.1. The Labute approximate surface area is 123 Å². The molecule has 0 spiro atoms. The number of halogens is 4. The molecule has 2 N–H and O–H groups in total. The van der Waals surface area contributed by atoms with Gasteiger partial charge in [-0.05, 0) is 49.9 Å². The second-order valence-electron chi connectivity index (χ2n) is 5.37. The van der Waals surface area contributed by atoms with Crippen molar-refractivity contribution in [2.45, 2.75) is 32.4 Å². The zero-order valence-electron chi connectivity index (χ0n) is 11.4. The maximum atomic E-state index is 13.1. The predicted molar refractivity (Wildman–Crippen MR) is 75.2 cm³/mol. The van der Waals surface area contributed by atoms with E-state index in [4.69, 9.17) is 5.73 Å². The molecule has 0 aromatic heterocycles. The molecule has 1 aromatic carbocycles. The summed E-state index contributed by atoms with van der Waals surface area (Å²) in [6.07, 6.45) is 2.11. The minimum Gasteiger partial charge on any atom is -0.328 e. The van der Waals surface area contributed by atoms with E-state index < -0.39 is 17.5 Å². The van der Waals surface area contributed by atoms with Crippen LogP contribution in [0, 0.1) is 23.4 Å². The van der Waals surface area contributed by atoms with Gasteiger partial charge in [-0.25, -0.2) is 13.2 Å². The highest BCUT2D eigenvalue weighted by Gasteiger charge is 2.23. The Kier molecular flexibility index (Phi) is 6.30. The van der Waals surface area contributed by atoms with Crippen molar-refractivity contribution in [3.8, 4) is 0 Å². The summed E-state index contributed by atoms with van der Waals surface area (Å²) >= 11 is 0. The monoisotopic (exact) mass is 308 g/mol. The number of nitrogens with two attached hydrogens (primary N) is 1. The van der Waals surface area contributed by atoms with Crippen molar-refractivity contribution in [2.75, 3.05) is 13.1 Å². The molecule has 0 radical (unpaired) electrons. The minimum atomic E-state index is -1.41. The number of nitrogens with zero attached hydrogens (tertiary/aromatic N) is 1. The van der Waals surface area contributed by atoms with Crippen molar-refractivity contribution < 1.29 is 13.2 Å². The summed E-state index contributed by atoms with van der Waals surface area (Å²) in [4.78, 5) is 2.11. The van der Waals surface area contributed by atoms with Gasteiger partial charge in [-0.15, -0.1) is 12.4 Å². The lowest BCUT2D eigenvalue weighted by Gasteiger charge is -2.34. The van der Waals surface area contributed by atoms with Crippen LogP contribution in [0.3, 0.4) is 0 Å². The van der Waals surface area contributed by atoms with Crippen molar-refractivity contribution in [1.82, 2.24) is 4.90 Å². The smallest absolute Gasteiger partial charge is 0.194 e. The summed E-state index contributed by atoms with van der Waals surface area (Å²) in [5.74, 6) is -3.26. The molecule has 0 aliphatic carbocycles. The molecule has 1 aromatic rings. The number of likely N-dealkylation sites (tertiary alicyclic amines) is 1. The highest BCUT2D eigenvalue weighted by molar-refractivity contribution is 5.85. The van der Waals surface area contributed by atoms with Gasteiger partial charge in [0.1, 0.15) is 0 Å². The van der Waals surface area contributed by atoms with Crippen molar-refractivity contribution in [2.24, 2.45) is 11.7 Å². The zero-order chi connectivity index (χ0) is 14.0. The van der Waals surface area contributed by atoms with Gasteiger partial charge in [0.25, 0.3) is 0 Å². The molecule has 114 valence electrons. The first-order valence-corrected chi connectivity index (χ1v) is 6.58. The highest BCUT2D eigenvalue weighted by Crippen LogP contribution is 2.21. The van der Waals surface area contributed by atoms with Crippen molar-refractivity contribution in [3.63, 3.8) is 0 Å². The number of hydrogen-bond acceptors (Lipinski definition) is 2. The van der Waals surface area contributed by atoms with Gasteiger partial charge in [0.05, 0.1) is 0 Å². The molecule has 1 aliphatic rings. The second kappa shape index (κ2) is 7.29. The predicted octanol–water partition coefficient (Wildman–Crippen LogP) is 3.08. The fourth-order valence-corrected chi connectivity index (χ4v) is 2.62. The normalized spacial score (nSPS) is 21.4. The van der Waals surface area contributed by atoms with Crippen molar-refractivity contribution in [1.29, 1.82) is 0 Å². The molecular weight excluding hydrogens is 289 g/mol. The third-order valence-corrected chi connectivity index (χ3v) is 3.74. The largest absolute Gasteiger partial charge is 0.328 e. The van der Waals surface area contributed by atoms with Crippen molar-refractivity contribution in [3.05, 3.63) is 35.1 Å². The average molecular weight is 309 g/mol. The first-order valence-electron chi connectivity index (χ1n) is 6.58. The van der Waals surface area contributed by atoms with E-state index in [0.29, 0.717) is 18.0 Å². The van der Waals surface area contributed by atoms with E-state index >= 15 is 0 Å². The summed E-state index contributed by atoms with van der Waals surface area (Å²) in [5.41, 5.74) is 6.35. The number of benzene rings is 1. The molecule has 1 heterocycles. The van der Waals surface area contributed by atoms with Gasteiger partial charge in [0.15, 0.2) is 17.5 Å². The van der Waals surface area contributed by atoms with Crippen LogP contribution in [0.5, 0.6) is 0 Å². The van der Waals surface area contributed by atoms with E-state index in [-0.39, 0.29) is 18.4 Å². The Morgan fingerprint density at radius 2 is 1.90 bits per heavy atom. The quantitative estimate of drug-likeness (QED) is 0.870. The maximum Gasteiger partial charge on any atom is 0.194 e. The van der Waals surface area contributed by atoms with E-state index in [1.54, 1.807) is 0 Å². The first kappa shape index (κ1) is 17.3. The second-order valence-corrected chi connectivity index (χ2v) is 5.37. The van der Waals surface area contributed by atoms with Gasteiger partial charge >= 0.3 is 0 Å². The van der Waals surface area contributed by atoms with Crippen LogP contribution in [0.25, 0.3) is 0 Å². The van der Waals surface area contributed by atoms with Crippen LogP contribution in [0.2, 0.25) is 0 Å². The Morgan fingerprint density at radius 1 is 1.30 bits per heavy atom. The molecule has 6 heteroatoms. The number of hydrogen-bond donors (Lipinski definition) is 1. The van der Waals surface area contributed by atoms with Gasteiger partial charge in [-0.2, -0.15) is 0 Å². The molecule has 20 heavy (non-hydrogen) atoms. The summed E-state index contributed by atoms with van der Waals surface area (Å²) in [6.45, 7) is 4.10. The van der Waals surface area contributed by atoms with E-state index in [0.717, 1.165) is 38.1 Å². The lowest BCUT2D eigenvalue weighted by atomic mass is 9.92. The molecule has 0 bridgehead atoms. The van der Waals surface area contributed by atoms with Crippen LogP contribution in [0.15, 0.2) is 12.1 Å². The molecule has 2 unspecified atom stereocenters. The third-order valence-electron chi connectivity index (χ3n) is 3.74. The van der Waals surface area contributed by atoms with E-state index in [1.165, 1.54) is 0 Å². The van der Waals surface area contributed by atoms with Gasteiger partial charge in [-0.1, -0.05) is 0 Å². The fraction of sp³-hybridized carbons (Fsp3) is 0.571. The van der Waals surface area contributed by atoms with E-state index in [2.05, 4.69) is 4.90 Å². The molecule has 2 nitrogen and oxygen atoms in total. The molecule has 1 fully saturated rings. The summed E-state index contributed by atoms with van der Waals surface area (Å²) in [7, 11) is 0. The molecule has 1 aliphatic heterocycles. The van der Waals surface area contributed by atoms with E-state index in [9.17, 15) is 13.2 Å². The van der Waals surface area contributed by atoms with Gasteiger partial charge in [0, 0.05) is 19.1 Å². The number of rotatable bonds is 3. The highest BCUT2D eigenvalue weighted by atomic mass is 35.5. The van der Waals surface area contributed by atoms with Crippen LogP contribution < -0.4 is 5.73 Å². The minimum absolute atomic E-state index is 0. The fourth-order valence-electron chi connectivity index (χ4n) is 2.62. The summed E-state index contributed by atoms with van der Waals surface area (Å²) in [6, 6.07) is 2.24. The Balaban J connectivity index is 0.00000200. The Hall–Kier alpha value is -0.780. The first-order chi connectivity index (χ1) is 8.97. The van der Waals surface area contributed by atoms with Crippen LogP contribution in [0.4, 0.5) is 13.2 Å². The van der Waals surface area contributed by atoms with Gasteiger partial charge in [-0.3, -0.25) is 4.90 Å². The van der Waals surface area contributed by atoms with Crippen LogP contribution >= 0.6 is 12.4 Å². The van der Waals surface area contributed by atoms with Crippen LogP contribution in [-0.4, -0.2) is 24.0 Å². The van der Waals surface area contributed by atoms with Gasteiger partial charge < -0.3 is 5.73 Å². The summed E-state index contributed by atoms with van der Waals surface area (Å²) < 4.78 is 39.2. The lowest BCUT2D eigenvalue weighted by Crippen LogP contribution is -2.41. The van der Waals surface area contributed by atoms with E-state index in [1.807, 2.05) is 6.92 Å². The molecule has 1 saturated heterocycles. The van der Waals surface area contributed by atoms with Crippen LogP contribution in [0.1, 0.15) is 25.3 Å². The average Bonchev–Trinajstić information content (AvgIpc) is 2.36. The molecule has 2 atom stereocenters. The standard InChI is InChI=1S/C14H19F3N2.ClH/c1-9(18)11-3-2-4-19(8-11)7-10-5-12(15)14(17)13(16)6-10;/h5-6,9,11H,2-4,7-8,18H2,1H3;1H. The number of piperidine rings is 1. The zero-order valence-corrected chi connectivity index (χ0v) is 12.2. The summed E-state index contributed by atoms with van der Waals surface area (Å²) in [5, 5.41) is 0. The van der Waals surface area contributed by atoms with Crippen LogP contribution in [-0.2, 0) is 6.54 Å². The molecular formula is C14H20ClF3N2. The lowest BCUT2D eigenvalue weighted by molar-refractivity contribution is 0.154.